The van der Waals surface area contributed by atoms with Crippen LogP contribution in [0.3, 0.4) is 0 Å². The molecule has 1 heterocycles. The summed E-state index contributed by atoms with van der Waals surface area (Å²) in [6, 6.07) is 75.4. The summed E-state index contributed by atoms with van der Waals surface area (Å²) in [6.45, 7) is 13.4. The van der Waals surface area contributed by atoms with Gasteiger partial charge in [-0.25, -0.2) is 4.98 Å². The van der Waals surface area contributed by atoms with Crippen molar-refractivity contribution in [2.45, 2.75) is 47.5 Å². The Morgan fingerprint density at radius 1 is 0.338 bits per heavy atom. The summed E-state index contributed by atoms with van der Waals surface area (Å²) >= 11 is 0. The lowest BCUT2D eigenvalue weighted by Crippen LogP contribution is -2.17. The second-order valence-corrected chi connectivity index (χ2v) is 18.0. The van der Waals surface area contributed by atoms with Gasteiger partial charge in [0, 0.05) is 28.3 Å². The number of anilines is 3. The molecular formula is C64H54N4. The summed E-state index contributed by atoms with van der Waals surface area (Å²) in [5.41, 5.74) is 21.8. The van der Waals surface area contributed by atoms with Crippen molar-refractivity contribution in [3.8, 4) is 56.2 Å². The molecule has 9 aromatic carbocycles. The average Bonchev–Trinajstić information content (AvgIpc) is 3.36. The van der Waals surface area contributed by atoms with E-state index in [4.69, 9.17) is 15.0 Å². The summed E-state index contributed by atoms with van der Waals surface area (Å²) in [4.78, 5) is 18.7. The van der Waals surface area contributed by atoms with Gasteiger partial charge in [0.1, 0.15) is 0 Å². The van der Waals surface area contributed by atoms with Crippen molar-refractivity contribution in [3.05, 3.63) is 262 Å². The van der Waals surface area contributed by atoms with E-state index in [2.05, 4.69) is 247 Å². The van der Waals surface area contributed by atoms with Crippen LogP contribution in [0.25, 0.3) is 56.2 Å². The number of benzene rings is 9. The molecule has 4 nitrogen and oxygen atoms in total. The number of nitrogens with zero attached hydrogens (tertiary/aromatic N) is 4. The van der Waals surface area contributed by atoms with Crippen LogP contribution in [0.2, 0.25) is 0 Å². The van der Waals surface area contributed by atoms with Gasteiger partial charge < -0.3 is 0 Å². The maximum Gasteiger partial charge on any atom is 0.238 e. The third-order valence-corrected chi connectivity index (χ3v) is 13.1. The highest BCUT2D eigenvalue weighted by molar-refractivity contribution is 5.89. The van der Waals surface area contributed by atoms with Gasteiger partial charge >= 0.3 is 0 Å². The molecule has 10 rings (SSSR count). The number of hydrogen-bond acceptors (Lipinski definition) is 4. The number of rotatable bonds is 11. The minimum Gasteiger partial charge on any atom is -0.278 e. The van der Waals surface area contributed by atoms with E-state index in [-0.39, 0.29) is 5.92 Å². The van der Waals surface area contributed by atoms with E-state index in [0.29, 0.717) is 17.6 Å². The Kier molecular flexibility index (Phi) is 12.2. The molecule has 0 fully saturated rings. The van der Waals surface area contributed by atoms with E-state index in [0.717, 1.165) is 55.9 Å². The first kappa shape index (κ1) is 43.7. The van der Waals surface area contributed by atoms with Crippen LogP contribution in [0.15, 0.2) is 212 Å². The van der Waals surface area contributed by atoms with Crippen LogP contribution in [-0.2, 0) is 0 Å². The molecular weight excluding hydrogens is 825 g/mol. The number of aromatic nitrogens is 3. The Hall–Kier alpha value is -8.21. The van der Waals surface area contributed by atoms with Crippen molar-refractivity contribution >= 4 is 17.3 Å². The summed E-state index contributed by atoms with van der Waals surface area (Å²) in [7, 11) is 0. The van der Waals surface area contributed by atoms with Gasteiger partial charge in [0.05, 0.1) is 5.69 Å². The number of para-hydroxylation sites is 1. The zero-order chi connectivity index (χ0) is 46.7. The van der Waals surface area contributed by atoms with Gasteiger partial charge in [-0.3, -0.25) is 4.90 Å². The van der Waals surface area contributed by atoms with Crippen LogP contribution < -0.4 is 4.90 Å². The van der Waals surface area contributed by atoms with Crippen LogP contribution in [0, 0.1) is 41.5 Å². The number of aryl methyl sites for hydroxylation is 6. The molecule has 0 aliphatic carbocycles. The molecule has 0 bridgehead atoms. The van der Waals surface area contributed by atoms with Crippen LogP contribution in [0.1, 0.15) is 56.0 Å². The first-order valence-electron chi connectivity index (χ1n) is 23.5. The van der Waals surface area contributed by atoms with Gasteiger partial charge in [-0.2, -0.15) is 9.97 Å². The number of hydrogen-bond donors (Lipinski definition) is 0. The minimum absolute atomic E-state index is 0.0228. The largest absolute Gasteiger partial charge is 0.278 e. The van der Waals surface area contributed by atoms with Gasteiger partial charge in [-0.05, 0) is 127 Å². The van der Waals surface area contributed by atoms with E-state index in [9.17, 15) is 0 Å². The second-order valence-electron chi connectivity index (χ2n) is 18.0. The summed E-state index contributed by atoms with van der Waals surface area (Å²) in [5.74, 6) is 1.71. The average molecular weight is 879 g/mol. The van der Waals surface area contributed by atoms with Crippen LogP contribution in [-0.4, -0.2) is 15.0 Å². The molecule has 68 heavy (non-hydrogen) atoms. The highest BCUT2D eigenvalue weighted by Crippen LogP contribution is 2.45. The van der Waals surface area contributed by atoms with Gasteiger partial charge in [0.15, 0.2) is 11.6 Å². The predicted octanol–water partition coefficient (Wildman–Crippen LogP) is 16.7. The Balaban J connectivity index is 1.23. The molecule has 0 radical (unpaired) electrons. The molecule has 0 unspecified atom stereocenters. The fourth-order valence-corrected chi connectivity index (χ4v) is 10.3. The van der Waals surface area contributed by atoms with Crippen molar-refractivity contribution < 1.29 is 0 Å². The highest BCUT2D eigenvalue weighted by Gasteiger charge is 2.27. The van der Waals surface area contributed by atoms with Gasteiger partial charge in [-0.15, -0.1) is 0 Å². The van der Waals surface area contributed by atoms with E-state index in [1.165, 1.54) is 50.1 Å². The van der Waals surface area contributed by atoms with Crippen molar-refractivity contribution in [2.24, 2.45) is 0 Å². The summed E-state index contributed by atoms with van der Waals surface area (Å²) < 4.78 is 0. The first-order chi connectivity index (χ1) is 33.2. The fourth-order valence-electron chi connectivity index (χ4n) is 10.3. The third-order valence-electron chi connectivity index (χ3n) is 13.1. The third kappa shape index (κ3) is 8.65. The van der Waals surface area contributed by atoms with Gasteiger partial charge in [0.2, 0.25) is 5.95 Å². The lowest BCUT2D eigenvalue weighted by molar-refractivity contribution is 0.919. The second kappa shape index (κ2) is 18.9. The van der Waals surface area contributed by atoms with E-state index in [1.54, 1.807) is 0 Å². The Morgan fingerprint density at radius 3 is 1.12 bits per heavy atom. The molecule has 0 N–H and O–H groups in total. The maximum absolute atomic E-state index is 5.52. The lowest BCUT2D eigenvalue weighted by Gasteiger charge is -2.29. The minimum atomic E-state index is 0.0228. The van der Waals surface area contributed by atoms with Crippen molar-refractivity contribution in [1.29, 1.82) is 0 Å². The lowest BCUT2D eigenvalue weighted by atomic mass is 9.77. The SMILES string of the molecule is Cc1cc(C)c(C(c2ccc(N(c3nc(-c4ccccc4-c4ccccc4)nc(-c4ccccc4-c4ccccc4)n3)c3ccccc3-c3ccccc3)cc2)c2c(C)cc(C)cc2C)c(C)c1. The van der Waals surface area contributed by atoms with Gasteiger partial charge in [-0.1, -0.05) is 205 Å². The Bertz CT molecular complexity index is 3190. The zero-order valence-electron chi connectivity index (χ0n) is 39.6. The predicted molar refractivity (Wildman–Crippen MR) is 284 cm³/mol. The molecule has 0 spiro atoms. The highest BCUT2D eigenvalue weighted by atomic mass is 15.3. The Morgan fingerprint density at radius 2 is 0.691 bits per heavy atom. The quantitative estimate of drug-likeness (QED) is 0.121. The zero-order valence-corrected chi connectivity index (χ0v) is 39.6. The molecule has 10 aromatic rings. The molecule has 0 aliphatic rings. The van der Waals surface area contributed by atoms with Crippen LogP contribution in [0.4, 0.5) is 17.3 Å². The molecule has 0 atom stereocenters. The Labute approximate surface area is 401 Å². The van der Waals surface area contributed by atoms with E-state index in [1.807, 2.05) is 12.1 Å². The topological polar surface area (TPSA) is 41.9 Å². The molecule has 330 valence electrons. The maximum atomic E-state index is 5.52. The normalized spacial score (nSPS) is 11.2. The molecule has 0 aliphatic heterocycles. The van der Waals surface area contributed by atoms with Crippen molar-refractivity contribution in [3.63, 3.8) is 0 Å². The monoisotopic (exact) mass is 878 g/mol. The van der Waals surface area contributed by atoms with Crippen molar-refractivity contribution in [2.75, 3.05) is 4.90 Å². The summed E-state index contributed by atoms with van der Waals surface area (Å²) in [6.07, 6.45) is 0. The fraction of sp³-hybridized carbons (Fsp3) is 0.109. The van der Waals surface area contributed by atoms with E-state index < -0.39 is 0 Å². The van der Waals surface area contributed by atoms with Crippen molar-refractivity contribution in [1.82, 2.24) is 15.0 Å². The van der Waals surface area contributed by atoms with Gasteiger partial charge in [0.25, 0.3) is 0 Å². The van der Waals surface area contributed by atoms with E-state index >= 15 is 0 Å². The summed E-state index contributed by atoms with van der Waals surface area (Å²) in [5, 5.41) is 0. The van der Waals surface area contributed by atoms with Crippen LogP contribution in [0.5, 0.6) is 0 Å². The molecule has 0 saturated heterocycles. The molecule has 1 aromatic heterocycles. The first-order valence-corrected chi connectivity index (χ1v) is 23.5. The smallest absolute Gasteiger partial charge is 0.238 e. The molecule has 0 amide bonds. The molecule has 0 saturated carbocycles. The molecule has 4 heteroatoms. The standard InChI is InChI=1S/C64H54N4/c1-42-38-44(3)59(45(4)39-42)61(60-46(5)40-43(2)41-47(60)6)51-34-36-52(37-35-51)68(58-33-21-20-30-55(58)50-26-14-9-15-27-50)64-66-62(56-31-18-16-28-53(56)48-22-10-7-11-23-48)65-63(67-64)57-32-19-17-29-54(57)49-24-12-8-13-25-49/h7-41,61H,1-6H3. The van der Waals surface area contributed by atoms with Crippen LogP contribution >= 0.6 is 0 Å².